The number of halogens is 5. The zero-order valence-electron chi connectivity index (χ0n) is 12.9. The second kappa shape index (κ2) is 8.52. The summed E-state index contributed by atoms with van der Waals surface area (Å²) in [5.74, 6) is -3.00. The van der Waals surface area contributed by atoms with Gasteiger partial charge in [0.1, 0.15) is 0 Å². The van der Waals surface area contributed by atoms with Gasteiger partial charge in [0.05, 0.1) is 23.3 Å². The Balaban J connectivity index is 0.00000144. The average Bonchev–Trinajstić information content (AvgIpc) is 2.87. The number of rotatable bonds is 2. The number of carbonyl (C=O) groups is 1. The highest BCUT2D eigenvalue weighted by Gasteiger charge is 2.43. The van der Waals surface area contributed by atoms with Crippen LogP contribution < -0.4 is 10.2 Å². The van der Waals surface area contributed by atoms with Gasteiger partial charge in [0.2, 0.25) is 5.91 Å². The molecule has 0 bridgehead atoms. The number of anilines is 1. The molecule has 1 unspecified atom stereocenters. The second-order valence-electron chi connectivity index (χ2n) is 5.76. The van der Waals surface area contributed by atoms with E-state index in [4.69, 9.17) is 11.6 Å². The van der Waals surface area contributed by atoms with Crippen LogP contribution in [0.15, 0.2) is 24.3 Å². The van der Waals surface area contributed by atoms with E-state index in [-0.39, 0.29) is 30.7 Å². The molecule has 1 N–H and O–H groups in total. The van der Waals surface area contributed by atoms with Crippen LogP contribution in [0.5, 0.6) is 0 Å². The van der Waals surface area contributed by atoms with Crippen LogP contribution in [0.25, 0.3) is 0 Å². The Hall–Kier alpha value is -0.820. The number of para-hydroxylation sites is 1. The van der Waals surface area contributed by atoms with E-state index in [1.54, 1.807) is 4.90 Å². The molecule has 1 aromatic rings. The van der Waals surface area contributed by atoms with Crippen LogP contribution in [-0.2, 0) is 4.79 Å². The van der Waals surface area contributed by atoms with Gasteiger partial charge >= 0.3 is 0 Å². The average molecular weight is 403 g/mol. The molecule has 2 fully saturated rings. The summed E-state index contributed by atoms with van der Waals surface area (Å²) in [4.78, 5) is 16.1. The topological polar surface area (TPSA) is 35.6 Å². The van der Waals surface area contributed by atoms with Gasteiger partial charge in [-0.25, -0.2) is 8.78 Å². The van der Waals surface area contributed by atoms with E-state index in [1.807, 2.05) is 24.3 Å². The summed E-state index contributed by atoms with van der Waals surface area (Å²) in [5.41, 5.74) is 0.946. The van der Waals surface area contributed by atoms with Gasteiger partial charge in [-0.05, 0) is 12.1 Å². The van der Waals surface area contributed by atoms with Crippen molar-refractivity contribution in [3.05, 3.63) is 29.3 Å². The fraction of sp³-hybridized carbons (Fsp3) is 0.533. The van der Waals surface area contributed by atoms with Crippen LogP contribution >= 0.6 is 36.4 Å². The van der Waals surface area contributed by atoms with E-state index in [1.165, 1.54) is 0 Å². The lowest BCUT2D eigenvalue weighted by Crippen LogP contribution is -2.53. The van der Waals surface area contributed by atoms with Gasteiger partial charge in [0.25, 0.3) is 5.92 Å². The number of nitrogens with one attached hydrogen (secondary N) is 1. The number of carbonyl (C=O) groups excluding carboxylic acids is 1. The lowest BCUT2D eigenvalue weighted by atomic mass is 10.1. The first kappa shape index (κ1) is 21.2. The quantitative estimate of drug-likeness (QED) is 0.826. The number of piperazine rings is 1. The van der Waals surface area contributed by atoms with Crippen molar-refractivity contribution in [1.82, 2.24) is 10.2 Å². The number of hydrogen-bond acceptors (Lipinski definition) is 3. The molecule has 2 saturated heterocycles. The summed E-state index contributed by atoms with van der Waals surface area (Å²) in [7, 11) is 0. The SMILES string of the molecule is Cl.Cl.O=C(C1CC(F)(F)CN1)N1CCN(c2ccccc2Cl)CC1. The minimum absolute atomic E-state index is 0. The molecule has 24 heavy (non-hydrogen) atoms. The molecular formula is C15H20Cl3F2N3O. The Kier molecular flexibility index (Phi) is 7.53. The molecule has 2 aliphatic heterocycles. The lowest BCUT2D eigenvalue weighted by molar-refractivity contribution is -0.134. The third-order valence-corrected chi connectivity index (χ3v) is 4.51. The maximum Gasteiger partial charge on any atom is 0.262 e. The Morgan fingerprint density at radius 3 is 2.33 bits per heavy atom. The van der Waals surface area contributed by atoms with Crippen LogP contribution in [0, 0.1) is 0 Å². The summed E-state index contributed by atoms with van der Waals surface area (Å²) >= 11 is 6.18. The van der Waals surface area contributed by atoms with Gasteiger partial charge in [-0.2, -0.15) is 0 Å². The van der Waals surface area contributed by atoms with Gasteiger partial charge in [0.15, 0.2) is 0 Å². The van der Waals surface area contributed by atoms with Crippen molar-refractivity contribution in [2.24, 2.45) is 0 Å². The van der Waals surface area contributed by atoms with Crippen molar-refractivity contribution in [2.75, 3.05) is 37.6 Å². The summed E-state index contributed by atoms with van der Waals surface area (Å²) < 4.78 is 26.4. The fourth-order valence-corrected chi connectivity index (χ4v) is 3.24. The molecule has 2 aliphatic rings. The molecular weight excluding hydrogens is 383 g/mol. The van der Waals surface area contributed by atoms with Gasteiger partial charge in [-0.1, -0.05) is 23.7 Å². The van der Waals surface area contributed by atoms with Crippen LogP contribution in [0.3, 0.4) is 0 Å². The summed E-state index contributed by atoms with van der Waals surface area (Å²) in [6.07, 6.45) is -0.406. The van der Waals surface area contributed by atoms with E-state index in [0.717, 1.165) is 5.69 Å². The highest BCUT2D eigenvalue weighted by Crippen LogP contribution is 2.28. The van der Waals surface area contributed by atoms with Crippen molar-refractivity contribution >= 4 is 48.0 Å². The molecule has 4 nitrogen and oxygen atoms in total. The number of hydrogen-bond donors (Lipinski definition) is 1. The predicted molar refractivity (Wildman–Crippen MR) is 96.1 cm³/mol. The summed E-state index contributed by atoms with van der Waals surface area (Å²) in [5, 5.41) is 3.30. The maximum absolute atomic E-state index is 13.2. The third-order valence-electron chi connectivity index (χ3n) is 4.19. The van der Waals surface area contributed by atoms with E-state index < -0.39 is 24.9 Å². The Bertz CT molecular complexity index is 569. The third kappa shape index (κ3) is 4.63. The molecule has 1 atom stereocenters. The molecule has 136 valence electrons. The smallest absolute Gasteiger partial charge is 0.262 e. The highest BCUT2D eigenvalue weighted by molar-refractivity contribution is 6.33. The number of nitrogens with zero attached hydrogens (tertiary/aromatic N) is 2. The molecule has 1 aromatic carbocycles. The van der Waals surface area contributed by atoms with Gasteiger partial charge in [-0.3, -0.25) is 10.1 Å². The molecule has 0 aliphatic carbocycles. The van der Waals surface area contributed by atoms with Crippen molar-refractivity contribution in [3.63, 3.8) is 0 Å². The monoisotopic (exact) mass is 401 g/mol. The first-order valence-electron chi connectivity index (χ1n) is 7.36. The van der Waals surface area contributed by atoms with Crippen LogP contribution in [0.4, 0.5) is 14.5 Å². The zero-order valence-corrected chi connectivity index (χ0v) is 15.3. The van der Waals surface area contributed by atoms with Crippen molar-refractivity contribution in [2.45, 2.75) is 18.4 Å². The molecule has 9 heteroatoms. The Labute approximate surface area is 157 Å². The molecule has 3 rings (SSSR count). The standard InChI is InChI=1S/C15H18ClF2N3O.2ClH/c16-11-3-1-2-4-13(11)20-5-7-21(8-6-20)14(22)12-9-15(17,18)10-19-12;;/h1-4,12,19H,5-10H2;2*1H. The number of amides is 1. The second-order valence-corrected chi connectivity index (χ2v) is 6.16. The Morgan fingerprint density at radius 1 is 1.17 bits per heavy atom. The predicted octanol–water partition coefficient (Wildman–Crippen LogP) is 2.83. The first-order chi connectivity index (χ1) is 10.5. The van der Waals surface area contributed by atoms with E-state index in [0.29, 0.717) is 31.2 Å². The molecule has 0 aromatic heterocycles. The summed E-state index contributed by atoms with van der Waals surface area (Å²) in [6.45, 7) is 1.93. The highest BCUT2D eigenvalue weighted by atomic mass is 35.5. The lowest BCUT2D eigenvalue weighted by Gasteiger charge is -2.37. The van der Waals surface area contributed by atoms with Crippen molar-refractivity contribution in [1.29, 1.82) is 0 Å². The number of alkyl halides is 2. The molecule has 0 saturated carbocycles. The largest absolute Gasteiger partial charge is 0.367 e. The normalized spacial score (nSPS) is 22.5. The molecule has 0 radical (unpaired) electrons. The fourth-order valence-electron chi connectivity index (χ4n) is 2.99. The first-order valence-corrected chi connectivity index (χ1v) is 7.73. The van der Waals surface area contributed by atoms with Gasteiger partial charge in [0, 0.05) is 32.6 Å². The maximum atomic E-state index is 13.2. The van der Waals surface area contributed by atoms with E-state index in [9.17, 15) is 13.6 Å². The molecule has 1 amide bonds. The van der Waals surface area contributed by atoms with Crippen LogP contribution in [0.1, 0.15) is 6.42 Å². The molecule has 0 spiro atoms. The Morgan fingerprint density at radius 2 is 1.79 bits per heavy atom. The van der Waals surface area contributed by atoms with Crippen LogP contribution in [0.2, 0.25) is 5.02 Å². The van der Waals surface area contributed by atoms with Crippen molar-refractivity contribution in [3.8, 4) is 0 Å². The minimum atomic E-state index is -2.78. The van der Waals surface area contributed by atoms with E-state index >= 15 is 0 Å². The minimum Gasteiger partial charge on any atom is -0.367 e. The van der Waals surface area contributed by atoms with Gasteiger partial charge in [-0.15, -0.1) is 24.8 Å². The number of benzene rings is 1. The van der Waals surface area contributed by atoms with Crippen LogP contribution in [-0.4, -0.2) is 55.5 Å². The molecule has 2 heterocycles. The summed E-state index contributed by atoms with van der Waals surface area (Å²) in [6, 6.07) is 6.81. The van der Waals surface area contributed by atoms with E-state index in [2.05, 4.69) is 10.2 Å². The van der Waals surface area contributed by atoms with Gasteiger partial charge < -0.3 is 9.80 Å². The van der Waals surface area contributed by atoms with Crippen molar-refractivity contribution < 1.29 is 13.6 Å². The zero-order chi connectivity index (χ0) is 15.7.